The summed E-state index contributed by atoms with van der Waals surface area (Å²) in [6.07, 6.45) is 6.61. The molecule has 1 unspecified atom stereocenters. The van der Waals surface area contributed by atoms with Crippen LogP contribution < -0.4 is 10.6 Å². The molecule has 0 bridgehead atoms. The van der Waals surface area contributed by atoms with E-state index in [2.05, 4.69) is 22.5 Å². The Hall–Kier alpha value is -0.610. The molecule has 1 aliphatic carbocycles. The molecule has 116 valence electrons. The molecule has 0 aromatic rings. The van der Waals surface area contributed by atoms with Gasteiger partial charge in [0.25, 0.3) is 0 Å². The minimum Gasteiger partial charge on any atom is -0.354 e. The summed E-state index contributed by atoms with van der Waals surface area (Å²) in [5.74, 6) is 1.85. The molecule has 4 nitrogen and oxygen atoms in total. The van der Waals surface area contributed by atoms with Crippen molar-refractivity contribution >= 4 is 5.91 Å². The molecule has 0 spiro atoms. The van der Waals surface area contributed by atoms with Gasteiger partial charge in [-0.2, -0.15) is 0 Å². The van der Waals surface area contributed by atoms with Crippen LogP contribution in [0.25, 0.3) is 0 Å². The molecule has 2 aliphatic rings. The number of rotatable bonds is 5. The summed E-state index contributed by atoms with van der Waals surface area (Å²) in [5.41, 5.74) is 0. The fourth-order valence-electron chi connectivity index (χ4n) is 3.47. The van der Waals surface area contributed by atoms with Gasteiger partial charge in [0.2, 0.25) is 5.91 Å². The number of nitrogens with one attached hydrogen (secondary N) is 2. The van der Waals surface area contributed by atoms with E-state index in [9.17, 15) is 4.79 Å². The molecule has 2 N–H and O–H groups in total. The third-order valence-electron chi connectivity index (χ3n) is 5.19. The molecule has 1 aliphatic heterocycles. The maximum atomic E-state index is 12.2. The molecule has 1 saturated carbocycles. The maximum Gasteiger partial charge on any atom is 0.237 e. The van der Waals surface area contributed by atoms with E-state index in [1.165, 1.54) is 32.1 Å². The average Bonchev–Trinajstić information content (AvgIpc) is 2.53. The van der Waals surface area contributed by atoms with Crippen LogP contribution >= 0.6 is 0 Å². The van der Waals surface area contributed by atoms with Crippen molar-refractivity contribution in [3.8, 4) is 0 Å². The van der Waals surface area contributed by atoms with Gasteiger partial charge in [-0.25, -0.2) is 0 Å². The van der Waals surface area contributed by atoms with Crippen LogP contribution in [0, 0.1) is 11.8 Å². The molecule has 0 aromatic heterocycles. The summed E-state index contributed by atoms with van der Waals surface area (Å²) in [5, 5.41) is 6.51. The highest BCUT2D eigenvalue weighted by Gasteiger charge is 2.24. The SMILES string of the molecule is CCC1CCC(CNC(=O)C(C)N2CCNCC2)CC1. The zero-order chi connectivity index (χ0) is 14.4. The van der Waals surface area contributed by atoms with Crippen LogP contribution in [0.3, 0.4) is 0 Å². The summed E-state index contributed by atoms with van der Waals surface area (Å²) in [4.78, 5) is 14.5. The van der Waals surface area contributed by atoms with Crippen LogP contribution in [0.4, 0.5) is 0 Å². The van der Waals surface area contributed by atoms with Gasteiger partial charge in [-0.15, -0.1) is 0 Å². The molecule has 2 fully saturated rings. The lowest BCUT2D eigenvalue weighted by atomic mass is 9.81. The van der Waals surface area contributed by atoms with Gasteiger partial charge in [0.1, 0.15) is 0 Å². The number of amides is 1. The molecule has 0 radical (unpaired) electrons. The van der Waals surface area contributed by atoms with E-state index in [4.69, 9.17) is 0 Å². The van der Waals surface area contributed by atoms with Crippen molar-refractivity contribution < 1.29 is 4.79 Å². The molecular weight excluding hydrogens is 250 g/mol. The van der Waals surface area contributed by atoms with Crippen LogP contribution in [-0.4, -0.2) is 49.6 Å². The second-order valence-electron chi connectivity index (χ2n) is 6.50. The van der Waals surface area contributed by atoms with Gasteiger partial charge < -0.3 is 10.6 Å². The van der Waals surface area contributed by atoms with E-state index < -0.39 is 0 Å². The number of hydrogen-bond donors (Lipinski definition) is 2. The Morgan fingerprint density at radius 3 is 2.40 bits per heavy atom. The quantitative estimate of drug-likeness (QED) is 0.805. The number of hydrogen-bond acceptors (Lipinski definition) is 3. The van der Waals surface area contributed by atoms with Crippen LogP contribution in [0.1, 0.15) is 46.0 Å². The Bertz CT molecular complexity index is 294. The molecule has 1 heterocycles. The van der Waals surface area contributed by atoms with Gasteiger partial charge in [-0.05, 0) is 31.6 Å². The Balaban J connectivity index is 1.66. The highest BCUT2D eigenvalue weighted by atomic mass is 16.2. The van der Waals surface area contributed by atoms with Crippen molar-refractivity contribution in [2.75, 3.05) is 32.7 Å². The second kappa shape index (κ2) is 7.99. The normalized spacial score (nSPS) is 29.9. The standard InChI is InChI=1S/C16H31N3O/c1-3-14-4-6-15(7-5-14)12-18-16(20)13(2)19-10-8-17-9-11-19/h13-15,17H,3-12H2,1-2H3,(H,18,20). The van der Waals surface area contributed by atoms with E-state index in [1.54, 1.807) is 0 Å². The van der Waals surface area contributed by atoms with Crippen LogP contribution in [-0.2, 0) is 4.79 Å². The molecular formula is C16H31N3O. The minimum absolute atomic E-state index is 0.0177. The third-order valence-corrected chi connectivity index (χ3v) is 5.19. The zero-order valence-corrected chi connectivity index (χ0v) is 13.2. The monoisotopic (exact) mass is 281 g/mol. The Morgan fingerprint density at radius 2 is 1.80 bits per heavy atom. The molecule has 20 heavy (non-hydrogen) atoms. The van der Waals surface area contributed by atoms with Crippen LogP contribution in [0.5, 0.6) is 0 Å². The third kappa shape index (κ3) is 4.45. The number of carbonyl (C=O) groups is 1. The van der Waals surface area contributed by atoms with Crippen molar-refractivity contribution in [1.29, 1.82) is 0 Å². The molecule has 4 heteroatoms. The van der Waals surface area contributed by atoms with Gasteiger partial charge in [0, 0.05) is 32.7 Å². The topological polar surface area (TPSA) is 44.4 Å². The lowest BCUT2D eigenvalue weighted by Crippen LogP contribution is -2.53. The Labute approximate surface area is 123 Å². The maximum absolute atomic E-state index is 12.2. The lowest BCUT2D eigenvalue weighted by molar-refractivity contribution is -0.126. The summed E-state index contributed by atoms with van der Waals surface area (Å²) < 4.78 is 0. The summed E-state index contributed by atoms with van der Waals surface area (Å²) >= 11 is 0. The predicted molar refractivity (Wildman–Crippen MR) is 82.7 cm³/mol. The van der Waals surface area contributed by atoms with Crippen LogP contribution in [0.15, 0.2) is 0 Å². The van der Waals surface area contributed by atoms with Crippen molar-refractivity contribution in [3.63, 3.8) is 0 Å². The highest BCUT2D eigenvalue weighted by Crippen LogP contribution is 2.30. The lowest BCUT2D eigenvalue weighted by Gasteiger charge is -2.33. The zero-order valence-electron chi connectivity index (χ0n) is 13.2. The largest absolute Gasteiger partial charge is 0.354 e. The molecule has 1 saturated heterocycles. The Morgan fingerprint density at radius 1 is 1.20 bits per heavy atom. The van der Waals surface area contributed by atoms with E-state index in [0.29, 0.717) is 5.92 Å². The van der Waals surface area contributed by atoms with Gasteiger partial charge in [-0.1, -0.05) is 26.2 Å². The number of carbonyl (C=O) groups excluding carboxylic acids is 1. The average molecular weight is 281 g/mol. The summed E-state index contributed by atoms with van der Waals surface area (Å²) in [7, 11) is 0. The van der Waals surface area contributed by atoms with E-state index in [1.807, 2.05) is 6.92 Å². The summed E-state index contributed by atoms with van der Waals surface area (Å²) in [6.45, 7) is 9.17. The predicted octanol–water partition coefficient (Wildman–Crippen LogP) is 1.61. The number of nitrogens with zero attached hydrogens (tertiary/aromatic N) is 1. The smallest absolute Gasteiger partial charge is 0.237 e. The first-order chi connectivity index (χ1) is 9.70. The fourth-order valence-corrected chi connectivity index (χ4v) is 3.47. The van der Waals surface area contributed by atoms with E-state index in [-0.39, 0.29) is 11.9 Å². The first-order valence-corrected chi connectivity index (χ1v) is 8.43. The van der Waals surface area contributed by atoms with Crippen molar-refractivity contribution in [3.05, 3.63) is 0 Å². The van der Waals surface area contributed by atoms with Gasteiger partial charge in [0.05, 0.1) is 6.04 Å². The van der Waals surface area contributed by atoms with E-state index in [0.717, 1.165) is 38.6 Å². The van der Waals surface area contributed by atoms with E-state index >= 15 is 0 Å². The van der Waals surface area contributed by atoms with Gasteiger partial charge >= 0.3 is 0 Å². The second-order valence-corrected chi connectivity index (χ2v) is 6.50. The molecule has 1 atom stereocenters. The van der Waals surface area contributed by atoms with Crippen molar-refractivity contribution in [1.82, 2.24) is 15.5 Å². The van der Waals surface area contributed by atoms with Crippen molar-refractivity contribution in [2.24, 2.45) is 11.8 Å². The molecule has 2 rings (SSSR count). The first-order valence-electron chi connectivity index (χ1n) is 8.43. The van der Waals surface area contributed by atoms with Gasteiger partial charge in [-0.3, -0.25) is 9.69 Å². The number of piperazine rings is 1. The van der Waals surface area contributed by atoms with Gasteiger partial charge in [0.15, 0.2) is 0 Å². The minimum atomic E-state index is 0.0177. The summed E-state index contributed by atoms with van der Waals surface area (Å²) in [6, 6.07) is 0.0177. The van der Waals surface area contributed by atoms with Crippen molar-refractivity contribution in [2.45, 2.75) is 52.0 Å². The molecule has 1 amide bonds. The van der Waals surface area contributed by atoms with Crippen LogP contribution in [0.2, 0.25) is 0 Å². The fraction of sp³-hybridized carbons (Fsp3) is 0.938. The first kappa shape index (κ1) is 15.8. The Kier molecular flexibility index (Phi) is 6.30. The molecule has 0 aromatic carbocycles. The highest BCUT2D eigenvalue weighted by molar-refractivity contribution is 5.81.